The van der Waals surface area contributed by atoms with Gasteiger partial charge < -0.3 is 9.88 Å². The molecule has 4 nitrogen and oxygen atoms in total. The van der Waals surface area contributed by atoms with Gasteiger partial charge in [-0.2, -0.15) is 0 Å². The van der Waals surface area contributed by atoms with Crippen LogP contribution in [0.5, 0.6) is 0 Å². The van der Waals surface area contributed by atoms with Gasteiger partial charge in [-0.3, -0.25) is 9.28 Å². The fourth-order valence-electron chi connectivity index (χ4n) is 7.32. The van der Waals surface area contributed by atoms with Gasteiger partial charge in [0.25, 0.3) is 5.91 Å². The molecule has 2 aliphatic heterocycles. The van der Waals surface area contributed by atoms with Crippen LogP contribution < -0.4 is 5.32 Å². The fraction of sp³-hybridized carbons (Fsp3) is 0.679. The Hall–Kier alpha value is -1.81. The molecule has 1 amide bonds. The Kier molecular flexibility index (Phi) is 5.64. The zero-order valence-corrected chi connectivity index (χ0v) is 20.6. The number of rotatable bonds is 10. The summed E-state index contributed by atoms with van der Waals surface area (Å²) in [5, 5.41) is 4.88. The minimum atomic E-state index is -0.172. The van der Waals surface area contributed by atoms with E-state index < -0.39 is 0 Å². The van der Waals surface area contributed by atoms with Crippen LogP contribution >= 0.6 is 0 Å². The molecule has 4 heteroatoms. The smallest absolute Gasteiger partial charge is 0.287 e. The summed E-state index contributed by atoms with van der Waals surface area (Å²) in [5.74, 6) is 0.870. The Bertz CT molecular complexity index is 1010. The number of amides is 1. The molecule has 3 aliphatic rings. The number of fused-ring (bicyclic) bond motifs is 4. The third-order valence-corrected chi connectivity index (χ3v) is 8.95. The number of carbonyl (C=O) groups excluding carboxylic acids is 1. The Balaban J connectivity index is 1.45. The van der Waals surface area contributed by atoms with Crippen molar-refractivity contribution < 1.29 is 9.28 Å². The number of benzene rings is 1. The first-order chi connectivity index (χ1) is 15.5. The highest BCUT2D eigenvalue weighted by Gasteiger charge is 2.82. The van der Waals surface area contributed by atoms with E-state index in [0.717, 1.165) is 43.4 Å². The van der Waals surface area contributed by atoms with Crippen LogP contribution in [0, 0.1) is 0 Å². The summed E-state index contributed by atoms with van der Waals surface area (Å²) in [6, 6.07) is 7.94. The van der Waals surface area contributed by atoms with Gasteiger partial charge in [0, 0.05) is 48.4 Å². The van der Waals surface area contributed by atoms with E-state index in [1.807, 2.05) is 0 Å². The maximum atomic E-state index is 13.6. The lowest BCUT2D eigenvalue weighted by atomic mass is 9.77. The normalized spacial score (nSPS) is 29.9. The van der Waals surface area contributed by atoms with E-state index in [1.54, 1.807) is 0 Å². The second-order valence-electron chi connectivity index (χ2n) is 11.1. The lowest BCUT2D eigenvalue weighted by Gasteiger charge is -2.33. The highest BCUT2D eigenvalue weighted by Crippen LogP contribution is 2.64. The number of piperidine rings is 1. The van der Waals surface area contributed by atoms with Crippen LogP contribution in [-0.4, -0.2) is 46.2 Å². The predicted molar refractivity (Wildman–Crippen MR) is 132 cm³/mol. The van der Waals surface area contributed by atoms with E-state index in [-0.39, 0.29) is 5.54 Å². The molecule has 0 bridgehead atoms. The lowest BCUT2D eigenvalue weighted by Crippen LogP contribution is -2.48. The number of nitrogens with zero attached hydrogens (tertiary/aromatic N) is 2. The van der Waals surface area contributed by atoms with Crippen LogP contribution in [-0.2, 0) is 11.2 Å². The molecule has 1 aliphatic carbocycles. The van der Waals surface area contributed by atoms with Crippen molar-refractivity contribution in [3.8, 4) is 0 Å². The molecule has 0 spiro atoms. The average molecular weight is 437 g/mol. The van der Waals surface area contributed by atoms with Gasteiger partial charge in [-0.1, -0.05) is 51.7 Å². The lowest BCUT2D eigenvalue weighted by molar-refractivity contribution is -0.840. The molecule has 0 saturated carbocycles. The fourth-order valence-corrected chi connectivity index (χ4v) is 7.32. The van der Waals surface area contributed by atoms with Crippen LogP contribution in [0.3, 0.4) is 0 Å². The number of hydrogen-bond acceptors (Lipinski definition) is 1. The molecule has 174 valence electrons. The maximum Gasteiger partial charge on any atom is 0.287 e. The molecular formula is C28H42N3O+. The third kappa shape index (κ3) is 3.09. The number of hydrogen-bond donors (Lipinski definition) is 1. The van der Waals surface area contributed by atoms with E-state index in [2.05, 4.69) is 62.0 Å². The molecule has 1 N–H and O–H groups in total. The second-order valence-corrected chi connectivity index (χ2v) is 11.1. The van der Waals surface area contributed by atoms with Crippen molar-refractivity contribution in [1.82, 2.24) is 9.88 Å². The summed E-state index contributed by atoms with van der Waals surface area (Å²) < 4.78 is 3.51. The topological polar surface area (TPSA) is 34.0 Å². The van der Waals surface area contributed by atoms with Crippen LogP contribution in [0.1, 0.15) is 95.7 Å². The summed E-state index contributed by atoms with van der Waals surface area (Å²) in [5.41, 5.74) is 4.25. The standard InChI is InChI=1S/C28H41N3O/c1-5-7-9-10-14-29-27(32)28-17-23-22-12-11-13-24-26(22)21(18-30(24)20(3)4)16-25(23)31(28,19-28)15-8-6-2/h11-13,18,20,23,25H,5-10,14-17,19H2,1-4H3/p+1/t23?,25-,28?,31?/m1/s1. The van der Waals surface area contributed by atoms with Crippen molar-refractivity contribution in [3.05, 3.63) is 35.5 Å². The Labute approximate surface area is 193 Å². The maximum absolute atomic E-state index is 13.6. The summed E-state index contributed by atoms with van der Waals surface area (Å²) >= 11 is 0. The Morgan fingerprint density at radius 3 is 2.75 bits per heavy atom. The minimum Gasteiger partial charge on any atom is -0.350 e. The Morgan fingerprint density at radius 2 is 2.00 bits per heavy atom. The van der Waals surface area contributed by atoms with E-state index in [1.165, 1.54) is 54.1 Å². The summed E-state index contributed by atoms with van der Waals surface area (Å²) in [6.07, 6.45) is 11.9. The Morgan fingerprint density at radius 1 is 1.19 bits per heavy atom. The van der Waals surface area contributed by atoms with Crippen molar-refractivity contribution in [1.29, 1.82) is 0 Å². The van der Waals surface area contributed by atoms with Crippen molar-refractivity contribution in [3.63, 3.8) is 0 Å². The SMILES string of the molecule is CCCCCCNC(=O)C12CC3c4cccc5c4c(cn5C(C)C)C[C@H]3[N+]1(CCCC)C2. The van der Waals surface area contributed by atoms with Gasteiger partial charge in [0.15, 0.2) is 0 Å². The summed E-state index contributed by atoms with van der Waals surface area (Å²) in [4.78, 5) is 13.6. The number of nitrogens with one attached hydrogen (secondary N) is 1. The molecule has 0 radical (unpaired) electrons. The average Bonchev–Trinajstić information content (AvgIpc) is 3.15. The van der Waals surface area contributed by atoms with Crippen LogP contribution in [0.2, 0.25) is 0 Å². The van der Waals surface area contributed by atoms with Gasteiger partial charge in [-0.25, -0.2) is 0 Å². The van der Waals surface area contributed by atoms with Gasteiger partial charge >= 0.3 is 0 Å². The molecule has 2 aromatic rings. The first-order valence-electron chi connectivity index (χ1n) is 13.3. The highest BCUT2D eigenvalue weighted by molar-refractivity contribution is 5.91. The van der Waals surface area contributed by atoms with Crippen molar-refractivity contribution in [2.45, 2.75) is 103 Å². The summed E-state index contributed by atoms with van der Waals surface area (Å²) in [7, 11) is 0. The van der Waals surface area contributed by atoms with Crippen molar-refractivity contribution in [2.24, 2.45) is 0 Å². The first kappa shape index (κ1) is 22.0. The minimum absolute atomic E-state index is 0.172. The van der Waals surface area contributed by atoms with E-state index in [4.69, 9.17) is 0 Å². The van der Waals surface area contributed by atoms with Gasteiger partial charge in [-0.15, -0.1) is 0 Å². The highest BCUT2D eigenvalue weighted by atomic mass is 16.2. The first-order valence-corrected chi connectivity index (χ1v) is 13.3. The second kappa shape index (κ2) is 8.20. The van der Waals surface area contributed by atoms with Gasteiger partial charge in [-0.05, 0) is 43.9 Å². The third-order valence-electron chi connectivity index (χ3n) is 8.95. The molecule has 3 heterocycles. The molecule has 1 aromatic heterocycles. The number of unbranched alkanes of at least 4 members (excludes halogenated alkanes) is 4. The van der Waals surface area contributed by atoms with E-state index >= 15 is 0 Å². The van der Waals surface area contributed by atoms with Crippen LogP contribution in [0.4, 0.5) is 0 Å². The van der Waals surface area contributed by atoms with Crippen LogP contribution in [0.15, 0.2) is 24.4 Å². The number of quaternary nitrogens is 1. The molecule has 32 heavy (non-hydrogen) atoms. The summed E-state index contributed by atoms with van der Waals surface area (Å²) in [6.45, 7) is 12.2. The van der Waals surface area contributed by atoms with Crippen LogP contribution in [0.25, 0.3) is 10.9 Å². The van der Waals surface area contributed by atoms with Gasteiger partial charge in [0.2, 0.25) is 5.54 Å². The quantitative estimate of drug-likeness (QED) is 0.289. The zero-order chi connectivity index (χ0) is 22.5. The van der Waals surface area contributed by atoms with Gasteiger partial charge in [0.05, 0.1) is 6.54 Å². The van der Waals surface area contributed by atoms with Crippen molar-refractivity contribution >= 4 is 16.8 Å². The largest absolute Gasteiger partial charge is 0.350 e. The monoisotopic (exact) mass is 436 g/mol. The van der Waals surface area contributed by atoms with E-state index in [9.17, 15) is 4.79 Å². The molecule has 1 aromatic carbocycles. The molecule has 2 saturated heterocycles. The molecule has 5 rings (SSSR count). The molecule has 3 unspecified atom stereocenters. The van der Waals surface area contributed by atoms with Gasteiger partial charge in [0.1, 0.15) is 12.6 Å². The zero-order valence-electron chi connectivity index (χ0n) is 20.6. The van der Waals surface area contributed by atoms with E-state index in [0.29, 0.717) is 23.9 Å². The number of aromatic nitrogens is 1. The molecular weight excluding hydrogens is 394 g/mol. The molecule has 4 atom stereocenters. The van der Waals surface area contributed by atoms with Crippen molar-refractivity contribution in [2.75, 3.05) is 19.6 Å². The number of carbonyl (C=O) groups is 1. The molecule has 2 fully saturated rings. The predicted octanol–water partition coefficient (Wildman–Crippen LogP) is 5.70.